The molecule has 1 saturated heterocycles. The van der Waals surface area contributed by atoms with E-state index < -0.39 is 0 Å². The van der Waals surface area contributed by atoms with E-state index in [1.54, 1.807) is 0 Å². The molecule has 1 aromatic carbocycles. The molecule has 0 spiro atoms. The molecule has 1 amide bonds. The topological polar surface area (TPSA) is 32.3 Å². The number of rotatable bonds is 3. The minimum atomic E-state index is 0. The molecule has 18 heavy (non-hydrogen) atoms. The number of carbonyl (C=O) groups is 1. The van der Waals surface area contributed by atoms with E-state index >= 15 is 0 Å². The second-order valence-corrected chi connectivity index (χ2v) is 4.81. The van der Waals surface area contributed by atoms with Crippen LogP contribution in [-0.2, 0) is 11.2 Å². The molecule has 1 fully saturated rings. The van der Waals surface area contributed by atoms with Crippen LogP contribution in [0, 0.1) is 6.92 Å². The van der Waals surface area contributed by atoms with Gasteiger partial charge in [0, 0.05) is 19.6 Å². The zero-order chi connectivity index (χ0) is 12.3. The quantitative estimate of drug-likeness (QED) is 0.906. The van der Waals surface area contributed by atoms with Crippen LogP contribution in [0.4, 0.5) is 0 Å². The van der Waals surface area contributed by atoms with Gasteiger partial charge in [-0.3, -0.25) is 4.79 Å². The number of hydrogen-bond acceptors (Lipinski definition) is 2. The molecule has 0 aliphatic carbocycles. The van der Waals surface area contributed by atoms with Gasteiger partial charge in [-0.2, -0.15) is 0 Å². The summed E-state index contributed by atoms with van der Waals surface area (Å²) in [6.45, 7) is 4.00. The molecule has 1 aliphatic rings. The normalized spacial score (nSPS) is 18.2. The number of likely N-dealkylation sites (N-methyl/N-ethyl adjacent to an activating group) is 1. The highest BCUT2D eigenvalue weighted by atomic mass is 35.5. The molecule has 4 heteroatoms. The van der Waals surface area contributed by atoms with E-state index in [0.29, 0.717) is 12.5 Å². The van der Waals surface area contributed by atoms with Crippen molar-refractivity contribution in [2.24, 2.45) is 0 Å². The Balaban J connectivity index is 0.00000162. The van der Waals surface area contributed by atoms with Crippen LogP contribution >= 0.6 is 12.4 Å². The van der Waals surface area contributed by atoms with E-state index in [0.717, 1.165) is 25.1 Å². The van der Waals surface area contributed by atoms with Gasteiger partial charge in [-0.15, -0.1) is 12.4 Å². The van der Waals surface area contributed by atoms with Gasteiger partial charge in [-0.25, -0.2) is 0 Å². The van der Waals surface area contributed by atoms with Gasteiger partial charge in [0.1, 0.15) is 0 Å². The van der Waals surface area contributed by atoms with Crippen molar-refractivity contribution in [1.82, 2.24) is 10.2 Å². The van der Waals surface area contributed by atoms with Crippen LogP contribution in [0.3, 0.4) is 0 Å². The van der Waals surface area contributed by atoms with Crippen molar-refractivity contribution < 1.29 is 4.79 Å². The first-order chi connectivity index (χ1) is 8.16. The average Bonchev–Trinajstić information content (AvgIpc) is 2.84. The van der Waals surface area contributed by atoms with Gasteiger partial charge < -0.3 is 10.2 Å². The van der Waals surface area contributed by atoms with E-state index in [1.807, 2.05) is 24.1 Å². The Bertz CT molecular complexity index is 385. The predicted molar refractivity (Wildman–Crippen MR) is 76.2 cm³/mol. The number of hydrogen-bond donors (Lipinski definition) is 1. The standard InChI is InChI=1S/C14H20N2O.ClH/c1-11-3-5-12(6-4-11)9-14(17)16(2)13-7-8-15-10-13;/h3-6,13,15H,7-10H2,1-2H3;1H. The number of aryl methyl sites for hydroxylation is 1. The van der Waals surface area contributed by atoms with Gasteiger partial charge in [-0.1, -0.05) is 29.8 Å². The van der Waals surface area contributed by atoms with Crippen molar-refractivity contribution in [2.45, 2.75) is 25.8 Å². The Hall–Kier alpha value is -1.06. The molecule has 0 bridgehead atoms. The smallest absolute Gasteiger partial charge is 0.227 e. The van der Waals surface area contributed by atoms with Gasteiger partial charge in [0.25, 0.3) is 0 Å². The Kier molecular flexibility index (Phi) is 5.63. The number of carbonyl (C=O) groups excluding carboxylic acids is 1. The SMILES string of the molecule is Cc1ccc(CC(=O)N(C)C2CCNC2)cc1.Cl. The molecule has 1 aliphatic heterocycles. The third-order valence-corrected chi connectivity index (χ3v) is 3.45. The summed E-state index contributed by atoms with van der Waals surface area (Å²) in [6.07, 6.45) is 1.57. The summed E-state index contributed by atoms with van der Waals surface area (Å²) in [4.78, 5) is 14.0. The third-order valence-electron chi connectivity index (χ3n) is 3.45. The van der Waals surface area contributed by atoms with Crippen molar-refractivity contribution >= 4 is 18.3 Å². The van der Waals surface area contributed by atoms with Crippen LogP contribution in [0.15, 0.2) is 24.3 Å². The summed E-state index contributed by atoms with van der Waals surface area (Å²) in [5.41, 5.74) is 2.33. The van der Waals surface area contributed by atoms with Crippen molar-refractivity contribution in [1.29, 1.82) is 0 Å². The lowest BCUT2D eigenvalue weighted by atomic mass is 10.1. The van der Waals surface area contributed by atoms with Gasteiger partial charge in [-0.05, 0) is 25.5 Å². The summed E-state index contributed by atoms with van der Waals surface area (Å²) >= 11 is 0. The Morgan fingerprint density at radius 3 is 2.61 bits per heavy atom. The first-order valence-electron chi connectivity index (χ1n) is 6.19. The fraction of sp³-hybridized carbons (Fsp3) is 0.500. The minimum Gasteiger partial charge on any atom is -0.341 e. The van der Waals surface area contributed by atoms with Crippen molar-refractivity contribution in [3.8, 4) is 0 Å². The summed E-state index contributed by atoms with van der Waals surface area (Å²) in [6, 6.07) is 8.55. The number of nitrogens with one attached hydrogen (secondary N) is 1. The number of halogens is 1. The molecule has 1 aromatic rings. The highest BCUT2D eigenvalue weighted by Gasteiger charge is 2.22. The number of nitrogens with zero attached hydrogens (tertiary/aromatic N) is 1. The van der Waals surface area contributed by atoms with Crippen molar-refractivity contribution in [3.63, 3.8) is 0 Å². The second kappa shape index (κ2) is 6.76. The Morgan fingerprint density at radius 2 is 2.06 bits per heavy atom. The monoisotopic (exact) mass is 268 g/mol. The molecule has 0 saturated carbocycles. The molecule has 1 unspecified atom stereocenters. The van der Waals surface area contributed by atoms with E-state index in [1.165, 1.54) is 5.56 Å². The lowest BCUT2D eigenvalue weighted by Crippen LogP contribution is -2.39. The molecule has 0 aromatic heterocycles. The predicted octanol–water partition coefficient (Wildman–Crippen LogP) is 1.78. The molecule has 100 valence electrons. The number of amides is 1. The van der Waals surface area contributed by atoms with Crippen LogP contribution in [0.1, 0.15) is 17.5 Å². The minimum absolute atomic E-state index is 0. The van der Waals surface area contributed by atoms with E-state index in [4.69, 9.17) is 0 Å². The van der Waals surface area contributed by atoms with Crippen LogP contribution in [0.25, 0.3) is 0 Å². The molecule has 3 nitrogen and oxygen atoms in total. The van der Waals surface area contributed by atoms with Gasteiger partial charge in [0.05, 0.1) is 6.42 Å². The summed E-state index contributed by atoms with van der Waals surface area (Å²) in [5, 5.41) is 3.29. The number of benzene rings is 1. The Morgan fingerprint density at radius 1 is 1.39 bits per heavy atom. The first-order valence-corrected chi connectivity index (χ1v) is 6.19. The largest absolute Gasteiger partial charge is 0.341 e. The maximum atomic E-state index is 12.1. The maximum absolute atomic E-state index is 12.1. The van der Waals surface area contributed by atoms with E-state index in [-0.39, 0.29) is 18.3 Å². The molecule has 1 atom stereocenters. The fourth-order valence-electron chi connectivity index (χ4n) is 2.18. The Labute approximate surface area is 115 Å². The first kappa shape index (κ1) is 15.0. The van der Waals surface area contributed by atoms with Crippen molar-refractivity contribution in [2.75, 3.05) is 20.1 Å². The second-order valence-electron chi connectivity index (χ2n) is 4.81. The van der Waals surface area contributed by atoms with Gasteiger partial charge >= 0.3 is 0 Å². The van der Waals surface area contributed by atoms with E-state index in [9.17, 15) is 4.79 Å². The third kappa shape index (κ3) is 3.72. The maximum Gasteiger partial charge on any atom is 0.227 e. The highest BCUT2D eigenvalue weighted by Crippen LogP contribution is 2.10. The lowest BCUT2D eigenvalue weighted by molar-refractivity contribution is -0.130. The van der Waals surface area contributed by atoms with Gasteiger partial charge in [0.2, 0.25) is 5.91 Å². The molecule has 1 N–H and O–H groups in total. The lowest BCUT2D eigenvalue weighted by Gasteiger charge is -2.23. The van der Waals surface area contributed by atoms with Crippen LogP contribution in [-0.4, -0.2) is 37.0 Å². The fourth-order valence-corrected chi connectivity index (χ4v) is 2.18. The summed E-state index contributed by atoms with van der Waals surface area (Å²) < 4.78 is 0. The van der Waals surface area contributed by atoms with Crippen molar-refractivity contribution in [3.05, 3.63) is 35.4 Å². The van der Waals surface area contributed by atoms with Gasteiger partial charge in [0.15, 0.2) is 0 Å². The summed E-state index contributed by atoms with van der Waals surface area (Å²) in [5.74, 6) is 0.211. The molecule has 2 rings (SSSR count). The molecule has 1 heterocycles. The van der Waals surface area contributed by atoms with E-state index in [2.05, 4.69) is 24.4 Å². The molecular formula is C14H21ClN2O. The van der Waals surface area contributed by atoms with Crippen LogP contribution < -0.4 is 5.32 Å². The molecular weight excluding hydrogens is 248 g/mol. The highest BCUT2D eigenvalue weighted by molar-refractivity contribution is 5.85. The average molecular weight is 269 g/mol. The van der Waals surface area contributed by atoms with Crippen LogP contribution in [0.2, 0.25) is 0 Å². The summed E-state index contributed by atoms with van der Waals surface area (Å²) in [7, 11) is 1.91. The molecule has 0 radical (unpaired) electrons. The van der Waals surface area contributed by atoms with Crippen LogP contribution in [0.5, 0.6) is 0 Å². The zero-order valence-electron chi connectivity index (χ0n) is 11.0. The zero-order valence-corrected chi connectivity index (χ0v) is 11.8.